The first-order valence-electron chi connectivity index (χ1n) is 7.94. The molecule has 4 nitrogen and oxygen atoms in total. The van der Waals surface area contributed by atoms with Gasteiger partial charge in [-0.15, -0.1) is 0 Å². The minimum absolute atomic E-state index is 0.150. The minimum Gasteiger partial charge on any atom is -0.395 e. The molecule has 22 heavy (non-hydrogen) atoms. The predicted octanol–water partition coefficient (Wildman–Crippen LogP) is 1.58. The highest BCUT2D eigenvalue weighted by molar-refractivity contribution is 5.76. The molecular formula is C17H25FN2O2. The zero-order valence-electron chi connectivity index (χ0n) is 13.0. The number of alkyl halides is 1. The number of carbonyl (C=O) groups excluding carboxylic acids is 1. The Morgan fingerprint density at radius 3 is 2.77 bits per heavy atom. The Labute approximate surface area is 131 Å². The lowest BCUT2D eigenvalue weighted by Gasteiger charge is -2.32. The number of rotatable bonds is 7. The van der Waals surface area contributed by atoms with Crippen LogP contribution < -0.4 is 10.6 Å². The molecule has 1 saturated heterocycles. The van der Waals surface area contributed by atoms with Gasteiger partial charge in [0, 0.05) is 13.0 Å². The van der Waals surface area contributed by atoms with Crippen LogP contribution in [0.5, 0.6) is 0 Å². The lowest BCUT2D eigenvalue weighted by Crippen LogP contribution is -2.56. The van der Waals surface area contributed by atoms with E-state index in [9.17, 15) is 14.3 Å². The molecule has 5 heteroatoms. The van der Waals surface area contributed by atoms with Crippen LogP contribution in [0.15, 0.2) is 30.3 Å². The molecule has 0 spiro atoms. The molecule has 1 aromatic rings. The van der Waals surface area contributed by atoms with Crippen molar-refractivity contribution in [1.29, 1.82) is 0 Å². The molecule has 1 aromatic carbocycles. The van der Waals surface area contributed by atoms with Gasteiger partial charge in [-0.3, -0.25) is 4.79 Å². The fourth-order valence-corrected chi connectivity index (χ4v) is 3.08. The third-order valence-electron chi connectivity index (χ3n) is 4.40. The standard InChI is InChI=1S/C17H25FN2O2/c1-2-15(22)20-17(12-19-14(11-21)16(17)18)10-6-9-13-7-4-3-5-8-13/h3-5,7-8,14,16,19,21H,2,6,9-12H2,1H3,(H,20,22)/t14-,16-,17-/m0/s1. The maximum atomic E-state index is 14.7. The van der Waals surface area contributed by atoms with Crippen molar-refractivity contribution in [3.63, 3.8) is 0 Å². The molecule has 0 bridgehead atoms. The number of carbonyl (C=O) groups is 1. The van der Waals surface area contributed by atoms with Crippen molar-refractivity contribution in [3.8, 4) is 0 Å². The second-order valence-electron chi connectivity index (χ2n) is 5.97. The van der Waals surface area contributed by atoms with Crippen molar-refractivity contribution < 1.29 is 14.3 Å². The lowest BCUT2D eigenvalue weighted by molar-refractivity contribution is -0.123. The van der Waals surface area contributed by atoms with E-state index >= 15 is 0 Å². The predicted molar refractivity (Wildman–Crippen MR) is 84.3 cm³/mol. The Morgan fingerprint density at radius 1 is 1.45 bits per heavy atom. The van der Waals surface area contributed by atoms with Crippen molar-refractivity contribution in [2.75, 3.05) is 13.2 Å². The smallest absolute Gasteiger partial charge is 0.220 e. The number of benzene rings is 1. The average Bonchev–Trinajstić information content (AvgIpc) is 2.85. The van der Waals surface area contributed by atoms with Crippen molar-refractivity contribution >= 4 is 5.91 Å². The fraction of sp³-hybridized carbons (Fsp3) is 0.588. The topological polar surface area (TPSA) is 61.4 Å². The Bertz CT molecular complexity index is 483. The summed E-state index contributed by atoms with van der Waals surface area (Å²) in [6, 6.07) is 9.44. The van der Waals surface area contributed by atoms with Crippen LogP contribution in [-0.4, -0.2) is 41.9 Å². The summed E-state index contributed by atoms with van der Waals surface area (Å²) in [6.45, 7) is 1.86. The molecule has 1 amide bonds. The van der Waals surface area contributed by atoms with Gasteiger partial charge in [-0.2, -0.15) is 0 Å². The molecule has 3 atom stereocenters. The quantitative estimate of drug-likeness (QED) is 0.717. The molecule has 0 radical (unpaired) electrons. The van der Waals surface area contributed by atoms with E-state index in [1.54, 1.807) is 6.92 Å². The van der Waals surface area contributed by atoms with Gasteiger partial charge in [0.1, 0.15) is 6.17 Å². The van der Waals surface area contributed by atoms with Crippen LogP contribution in [0, 0.1) is 0 Å². The van der Waals surface area contributed by atoms with Gasteiger partial charge in [-0.05, 0) is 24.8 Å². The number of amides is 1. The van der Waals surface area contributed by atoms with E-state index < -0.39 is 17.8 Å². The maximum absolute atomic E-state index is 14.7. The zero-order chi connectivity index (χ0) is 16.0. The molecular weight excluding hydrogens is 283 g/mol. The minimum atomic E-state index is -1.27. The van der Waals surface area contributed by atoms with Crippen molar-refractivity contribution in [1.82, 2.24) is 10.6 Å². The Kier molecular flexibility index (Phi) is 5.91. The summed E-state index contributed by atoms with van der Waals surface area (Å²) < 4.78 is 14.7. The molecule has 1 heterocycles. The normalized spacial score (nSPS) is 27.8. The second-order valence-corrected chi connectivity index (χ2v) is 5.97. The number of aliphatic hydroxyl groups excluding tert-OH is 1. The van der Waals surface area contributed by atoms with Crippen LogP contribution in [-0.2, 0) is 11.2 Å². The molecule has 2 rings (SSSR count). The number of hydrogen-bond donors (Lipinski definition) is 3. The number of aliphatic hydroxyl groups is 1. The Morgan fingerprint density at radius 2 is 2.18 bits per heavy atom. The van der Waals surface area contributed by atoms with Gasteiger partial charge in [-0.1, -0.05) is 37.3 Å². The zero-order valence-corrected chi connectivity index (χ0v) is 13.0. The SMILES string of the molecule is CCC(=O)N[C@@]1(CCCc2ccccc2)CN[C@@H](CO)[C@@H]1F. The van der Waals surface area contributed by atoms with Crippen LogP contribution in [0.25, 0.3) is 0 Å². The van der Waals surface area contributed by atoms with Crippen LogP contribution in [0.1, 0.15) is 31.7 Å². The van der Waals surface area contributed by atoms with Crippen molar-refractivity contribution in [3.05, 3.63) is 35.9 Å². The number of halogens is 1. The van der Waals surface area contributed by atoms with Crippen LogP contribution in [0.2, 0.25) is 0 Å². The first kappa shape index (κ1) is 16.9. The van der Waals surface area contributed by atoms with E-state index in [0.717, 1.165) is 12.8 Å². The third kappa shape index (κ3) is 3.84. The highest BCUT2D eigenvalue weighted by Crippen LogP contribution is 2.29. The molecule has 0 unspecified atom stereocenters. The van der Waals surface area contributed by atoms with Gasteiger partial charge in [0.05, 0.1) is 18.2 Å². The van der Waals surface area contributed by atoms with Crippen LogP contribution in [0.3, 0.4) is 0 Å². The van der Waals surface area contributed by atoms with Crippen LogP contribution in [0.4, 0.5) is 4.39 Å². The van der Waals surface area contributed by atoms with Gasteiger partial charge >= 0.3 is 0 Å². The van der Waals surface area contributed by atoms with Crippen molar-refractivity contribution in [2.45, 2.75) is 50.4 Å². The Hall–Kier alpha value is -1.46. The van der Waals surface area contributed by atoms with E-state index in [-0.39, 0.29) is 12.5 Å². The van der Waals surface area contributed by atoms with Crippen molar-refractivity contribution in [2.24, 2.45) is 0 Å². The highest BCUT2D eigenvalue weighted by atomic mass is 19.1. The fourth-order valence-electron chi connectivity index (χ4n) is 3.08. The largest absolute Gasteiger partial charge is 0.395 e. The number of nitrogens with one attached hydrogen (secondary N) is 2. The highest BCUT2D eigenvalue weighted by Gasteiger charge is 2.49. The molecule has 0 aromatic heterocycles. The summed E-state index contributed by atoms with van der Waals surface area (Å²) in [4.78, 5) is 11.8. The van der Waals surface area contributed by atoms with Gasteiger partial charge in [0.2, 0.25) is 5.91 Å². The summed E-state index contributed by atoms with van der Waals surface area (Å²) in [6.07, 6.45) is 1.24. The first-order valence-corrected chi connectivity index (χ1v) is 7.94. The van der Waals surface area contributed by atoms with E-state index in [1.807, 2.05) is 30.3 Å². The number of hydrogen-bond acceptors (Lipinski definition) is 3. The molecule has 3 N–H and O–H groups in total. The van der Waals surface area contributed by atoms with E-state index in [1.165, 1.54) is 5.56 Å². The first-order chi connectivity index (χ1) is 10.6. The summed E-state index contributed by atoms with van der Waals surface area (Å²) in [7, 11) is 0. The monoisotopic (exact) mass is 308 g/mol. The molecule has 122 valence electrons. The molecule has 0 saturated carbocycles. The average molecular weight is 308 g/mol. The molecule has 1 aliphatic rings. The van der Waals surface area contributed by atoms with E-state index in [0.29, 0.717) is 19.4 Å². The summed E-state index contributed by atoms with van der Waals surface area (Å²) in [5.74, 6) is -0.150. The second kappa shape index (κ2) is 7.70. The molecule has 1 aliphatic heterocycles. The maximum Gasteiger partial charge on any atom is 0.220 e. The van der Waals surface area contributed by atoms with Gasteiger partial charge < -0.3 is 15.7 Å². The lowest BCUT2D eigenvalue weighted by atomic mass is 9.87. The van der Waals surface area contributed by atoms with E-state index in [4.69, 9.17) is 0 Å². The summed E-state index contributed by atoms with van der Waals surface area (Å²) >= 11 is 0. The summed E-state index contributed by atoms with van der Waals surface area (Å²) in [5.41, 5.74) is 0.300. The number of aryl methyl sites for hydroxylation is 1. The van der Waals surface area contributed by atoms with E-state index in [2.05, 4.69) is 10.6 Å². The third-order valence-corrected chi connectivity index (χ3v) is 4.40. The Balaban J connectivity index is 2.00. The molecule has 1 fully saturated rings. The van der Waals surface area contributed by atoms with Gasteiger partial charge in [0.25, 0.3) is 0 Å². The van der Waals surface area contributed by atoms with Gasteiger partial charge in [-0.25, -0.2) is 4.39 Å². The molecule has 0 aliphatic carbocycles. The van der Waals surface area contributed by atoms with Gasteiger partial charge in [0.15, 0.2) is 0 Å². The summed E-state index contributed by atoms with van der Waals surface area (Å²) in [5, 5.41) is 15.1. The van der Waals surface area contributed by atoms with Crippen LogP contribution >= 0.6 is 0 Å².